The minimum atomic E-state index is 0.558. The Bertz CT molecular complexity index is 366. The van der Waals surface area contributed by atoms with Gasteiger partial charge in [-0.05, 0) is 31.2 Å². The second-order valence-electron chi connectivity index (χ2n) is 5.11. The van der Waals surface area contributed by atoms with E-state index in [1.54, 1.807) is 0 Å². The molecule has 0 amide bonds. The first kappa shape index (κ1) is 14.6. The van der Waals surface area contributed by atoms with Crippen LogP contribution in [0.1, 0.15) is 31.4 Å². The fourth-order valence-corrected chi connectivity index (χ4v) is 1.59. The van der Waals surface area contributed by atoms with Crippen molar-refractivity contribution in [2.75, 3.05) is 13.1 Å². The van der Waals surface area contributed by atoms with Gasteiger partial charge in [-0.3, -0.25) is 4.99 Å². The van der Waals surface area contributed by atoms with Gasteiger partial charge in [-0.15, -0.1) is 0 Å². The Morgan fingerprint density at radius 1 is 1.28 bits per heavy atom. The van der Waals surface area contributed by atoms with Gasteiger partial charge in [0.1, 0.15) is 0 Å². The van der Waals surface area contributed by atoms with Crippen LogP contribution in [-0.4, -0.2) is 19.0 Å². The normalized spacial score (nSPS) is 11.9. The Kier molecular flexibility index (Phi) is 6.26. The number of benzene rings is 1. The molecule has 1 aromatic rings. The van der Waals surface area contributed by atoms with E-state index in [1.165, 1.54) is 11.1 Å². The average molecular weight is 247 g/mol. The molecule has 0 aliphatic heterocycles. The molecule has 0 aliphatic carbocycles. The highest BCUT2D eigenvalue weighted by atomic mass is 15.1. The molecule has 1 rings (SSSR count). The third-order valence-electron chi connectivity index (χ3n) is 2.83. The molecule has 0 aromatic heterocycles. The Morgan fingerprint density at radius 2 is 1.94 bits per heavy atom. The molecule has 0 aliphatic rings. The third kappa shape index (κ3) is 6.28. The highest BCUT2D eigenvalue weighted by Crippen LogP contribution is 2.03. The molecule has 0 heterocycles. The van der Waals surface area contributed by atoms with Crippen LogP contribution in [0.2, 0.25) is 0 Å². The summed E-state index contributed by atoms with van der Waals surface area (Å²) < 4.78 is 0. The van der Waals surface area contributed by atoms with Crippen molar-refractivity contribution in [3.05, 3.63) is 35.4 Å². The van der Waals surface area contributed by atoms with Crippen molar-refractivity contribution in [1.82, 2.24) is 5.32 Å². The number of hydrogen-bond acceptors (Lipinski definition) is 1. The van der Waals surface area contributed by atoms with E-state index >= 15 is 0 Å². The summed E-state index contributed by atoms with van der Waals surface area (Å²) in [5.41, 5.74) is 8.40. The van der Waals surface area contributed by atoms with Crippen LogP contribution >= 0.6 is 0 Å². The van der Waals surface area contributed by atoms with Crippen LogP contribution in [0.3, 0.4) is 0 Å². The van der Waals surface area contributed by atoms with Crippen molar-refractivity contribution in [3.63, 3.8) is 0 Å². The summed E-state index contributed by atoms with van der Waals surface area (Å²) in [6.07, 6.45) is 2.06. The fraction of sp³-hybridized carbons (Fsp3) is 0.533. The van der Waals surface area contributed by atoms with Crippen LogP contribution in [0.4, 0.5) is 0 Å². The van der Waals surface area contributed by atoms with Crippen molar-refractivity contribution in [3.8, 4) is 0 Å². The summed E-state index contributed by atoms with van der Waals surface area (Å²) in [6.45, 7) is 8.12. The molecule has 3 heteroatoms. The maximum atomic E-state index is 5.79. The number of aryl methyl sites for hydroxylation is 1. The van der Waals surface area contributed by atoms with Crippen LogP contribution < -0.4 is 11.1 Å². The zero-order valence-electron chi connectivity index (χ0n) is 11.7. The molecular weight excluding hydrogens is 222 g/mol. The monoisotopic (exact) mass is 247 g/mol. The first-order valence-electron chi connectivity index (χ1n) is 6.67. The minimum absolute atomic E-state index is 0.558. The zero-order valence-corrected chi connectivity index (χ0v) is 11.7. The second kappa shape index (κ2) is 7.75. The summed E-state index contributed by atoms with van der Waals surface area (Å²) in [6, 6.07) is 8.58. The quantitative estimate of drug-likeness (QED) is 0.599. The van der Waals surface area contributed by atoms with Crippen LogP contribution in [-0.2, 0) is 6.42 Å². The van der Waals surface area contributed by atoms with Gasteiger partial charge in [0.25, 0.3) is 0 Å². The second-order valence-corrected chi connectivity index (χ2v) is 5.11. The van der Waals surface area contributed by atoms with Gasteiger partial charge in [-0.1, -0.05) is 43.7 Å². The Labute approximate surface area is 111 Å². The van der Waals surface area contributed by atoms with E-state index in [0.717, 1.165) is 25.9 Å². The summed E-state index contributed by atoms with van der Waals surface area (Å²) in [5, 5.41) is 3.15. The number of nitrogens with two attached hydrogens (primary N) is 1. The molecule has 18 heavy (non-hydrogen) atoms. The topological polar surface area (TPSA) is 50.4 Å². The summed E-state index contributed by atoms with van der Waals surface area (Å²) >= 11 is 0. The molecule has 100 valence electrons. The van der Waals surface area contributed by atoms with Gasteiger partial charge in [0, 0.05) is 13.1 Å². The number of guanidine groups is 1. The summed E-state index contributed by atoms with van der Waals surface area (Å²) in [5.74, 6) is 1.23. The number of nitrogens with zero attached hydrogens (tertiary/aromatic N) is 1. The molecule has 0 bridgehead atoms. The number of rotatable bonds is 6. The molecule has 0 radical (unpaired) electrons. The molecule has 1 aromatic carbocycles. The lowest BCUT2D eigenvalue weighted by atomic mass is 10.1. The predicted octanol–water partition coefficient (Wildman–Crippen LogP) is 2.49. The molecule has 0 saturated carbocycles. The number of nitrogens with one attached hydrogen (secondary N) is 1. The highest BCUT2D eigenvalue weighted by Gasteiger charge is 1.95. The van der Waals surface area contributed by atoms with E-state index in [4.69, 9.17) is 5.73 Å². The standard InChI is InChI=1S/C15H25N3/c1-12(2)8-10-17-15(16)18-11-9-14-6-4-13(3)5-7-14/h4-7,12H,8-11H2,1-3H3,(H3,16,17,18). The Balaban J connectivity index is 2.22. The Hall–Kier alpha value is -1.51. The Morgan fingerprint density at radius 3 is 2.56 bits per heavy atom. The van der Waals surface area contributed by atoms with Crippen molar-refractivity contribution in [2.24, 2.45) is 16.6 Å². The van der Waals surface area contributed by atoms with Crippen LogP contribution in [0.25, 0.3) is 0 Å². The molecule has 3 N–H and O–H groups in total. The van der Waals surface area contributed by atoms with Crippen molar-refractivity contribution < 1.29 is 0 Å². The van der Waals surface area contributed by atoms with E-state index < -0.39 is 0 Å². The zero-order chi connectivity index (χ0) is 13.4. The van der Waals surface area contributed by atoms with Gasteiger partial charge in [-0.2, -0.15) is 0 Å². The van der Waals surface area contributed by atoms with Gasteiger partial charge in [-0.25, -0.2) is 0 Å². The molecule has 0 fully saturated rings. The molecule has 0 atom stereocenters. The van der Waals surface area contributed by atoms with Gasteiger partial charge in [0.2, 0.25) is 0 Å². The van der Waals surface area contributed by atoms with E-state index in [9.17, 15) is 0 Å². The molecular formula is C15H25N3. The van der Waals surface area contributed by atoms with Crippen LogP contribution in [0, 0.1) is 12.8 Å². The predicted molar refractivity (Wildman–Crippen MR) is 78.8 cm³/mol. The van der Waals surface area contributed by atoms with E-state index in [2.05, 4.69) is 55.3 Å². The van der Waals surface area contributed by atoms with Crippen LogP contribution in [0.5, 0.6) is 0 Å². The SMILES string of the molecule is Cc1ccc(CCNC(N)=NCCC(C)C)cc1. The summed E-state index contributed by atoms with van der Waals surface area (Å²) in [7, 11) is 0. The summed E-state index contributed by atoms with van der Waals surface area (Å²) in [4.78, 5) is 4.29. The van der Waals surface area contributed by atoms with Crippen molar-refractivity contribution in [2.45, 2.75) is 33.6 Å². The van der Waals surface area contributed by atoms with Crippen molar-refractivity contribution >= 4 is 5.96 Å². The third-order valence-corrected chi connectivity index (χ3v) is 2.83. The minimum Gasteiger partial charge on any atom is -0.370 e. The van der Waals surface area contributed by atoms with Gasteiger partial charge in [0.05, 0.1) is 0 Å². The molecule has 3 nitrogen and oxygen atoms in total. The largest absolute Gasteiger partial charge is 0.370 e. The van der Waals surface area contributed by atoms with Gasteiger partial charge in [0.15, 0.2) is 5.96 Å². The smallest absolute Gasteiger partial charge is 0.188 e. The van der Waals surface area contributed by atoms with E-state index in [-0.39, 0.29) is 0 Å². The number of aliphatic imine (C=N–C) groups is 1. The van der Waals surface area contributed by atoms with Gasteiger partial charge < -0.3 is 11.1 Å². The van der Waals surface area contributed by atoms with Gasteiger partial charge >= 0.3 is 0 Å². The lowest BCUT2D eigenvalue weighted by Crippen LogP contribution is -2.33. The maximum Gasteiger partial charge on any atom is 0.188 e. The lowest BCUT2D eigenvalue weighted by molar-refractivity contribution is 0.595. The van der Waals surface area contributed by atoms with E-state index in [1.807, 2.05) is 0 Å². The first-order chi connectivity index (χ1) is 8.58. The molecule has 0 unspecified atom stereocenters. The average Bonchev–Trinajstić information content (AvgIpc) is 2.31. The molecule has 0 saturated heterocycles. The molecule has 0 spiro atoms. The highest BCUT2D eigenvalue weighted by molar-refractivity contribution is 5.77. The van der Waals surface area contributed by atoms with Crippen LogP contribution in [0.15, 0.2) is 29.3 Å². The van der Waals surface area contributed by atoms with Crippen molar-refractivity contribution in [1.29, 1.82) is 0 Å². The maximum absolute atomic E-state index is 5.79. The number of hydrogen-bond donors (Lipinski definition) is 2. The lowest BCUT2D eigenvalue weighted by Gasteiger charge is -2.06. The fourth-order valence-electron chi connectivity index (χ4n) is 1.59. The van der Waals surface area contributed by atoms with E-state index in [0.29, 0.717) is 11.9 Å². The first-order valence-corrected chi connectivity index (χ1v) is 6.67.